The minimum absolute atomic E-state index is 0.808. The summed E-state index contributed by atoms with van der Waals surface area (Å²) < 4.78 is 0. The van der Waals surface area contributed by atoms with E-state index in [2.05, 4.69) is 39.2 Å². The third-order valence-corrected chi connectivity index (χ3v) is 4.42. The fourth-order valence-corrected chi connectivity index (χ4v) is 2.94. The molecule has 0 radical (unpaired) electrons. The Labute approximate surface area is 135 Å². The molecule has 0 saturated heterocycles. The van der Waals surface area contributed by atoms with Gasteiger partial charge in [-0.05, 0) is 35.9 Å². The molecule has 2 N–H and O–H groups in total. The van der Waals surface area contributed by atoms with Crippen molar-refractivity contribution in [2.75, 3.05) is 20.1 Å². The zero-order valence-electron chi connectivity index (χ0n) is 12.1. The average Bonchev–Trinajstić information content (AvgIpc) is 3.01. The summed E-state index contributed by atoms with van der Waals surface area (Å²) in [6, 6.07) is 12.2. The first kappa shape index (κ1) is 15.9. The third-order valence-electron chi connectivity index (χ3n) is 3.11. The van der Waals surface area contributed by atoms with Gasteiger partial charge in [0, 0.05) is 30.0 Å². The van der Waals surface area contributed by atoms with E-state index in [1.165, 1.54) is 4.88 Å². The van der Waals surface area contributed by atoms with Crippen molar-refractivity contribution in [3.63, 3.8) is 0 Å². The minimum atomic E-state index is 0.808. The highest BCUT2D eigenvalue weighted by Crippen LogP contribution is 2.14. The first-order valence-electron chi connectivity index (χ1n) is 7.00. The number of thiophene rings is 1. The highest BCUT2D eigenvalue weighted by atomic mass is 35.5. The van der Waals surface area contributed by atoms with Gasteiger partial charge in [-0.25, -0.2) is 0 Å². The zero-order chi connectivity index (χ0) is 14.9. The molecule has 1 heterocycles. The van der Waals surface area contributed by atoms with Gasteiger partial charge in [0.2, 0.25) is 0 Å². The van der Waals surface area contributed by atoms with Gasteiger partial charge in [0.25, 0.3) is 0 Å². The van der Waals surface area contributed by atoms with E-state index in [1.807, 2.05) is 18.2 Å². The first-order chi connectivity index (χ1) is 10.3. The molecule has 0 aliphatic rings. The summed E-state index contributed by atoms with van der Waals surface area (Å²) in [5.41, 5.74) is 1.15. The number of nitrogens with zero attached hydrogens (tertiary/aromatic N) is 1. The van der Waals surface area contributed by atoms with E-state index in [1.54, 1.807) is 18.4 Å². The maximum Gasteiger partial charge on any atom is 0.190 e. The predicted molar refractivity (Wildman–Crippen MR) is 92.5 cm³/mol. The van der Waals surface area contributed by atoms with Crippen LogP contribution in [0.1, 0.15) is 10.4 Å². The van der Waals surface area contributed by atoms with Crippen molar-refractivity contribution in [3.8, 4) is 0 Å². The van der Waals surface area contributed by atoms with Gasteiger partial charge in [0.1, 0.15) is 0 Å². The molecule has 5 heteroatoms. The molecule has 0 saturated carbocycles. The Morgan fingerprint density at radius 1 is 1.10 bits per heavy atom. The van der Waals surface area contributed by atoms with Crippen molar-refractivity contribution in [2.45, 2.75) is 12.8 Å². The van der Waals surface area contributed by atoms with Gasteiger partial charge in [0.15, 0.2) is 5.96 Å². The summed E-state index contributed by atoms with van der Waals surface area (Å²) in [6.45, 7) is 1.69. The number of guanidine groups is 1. The molecule has 0 atom stereocenters. The summed E-state index contributed by atoms with van der Waals surface area (Å²) in [5, 5.41) is 9.55. The molecule has 112 valence electrons. The van der Waals surface area contributed by atoms with E-state index >= 15 is 0 Å². The lowest BCUT2D eigenvalue weighted by Gasteiger charge is -2.12. The molecule has 0 spiro atoms. The molecule has 21 heavy (non-hydrogen) atoms. The Morgan fingerprint density at radius 3 is 2.52 bits per heavy atom. The quantitative estimate of drug-likeness (QED) is 0.632. The van der Waals surface area contributed by atoms with E-state index in [-0.39, 0.29) is 0 Å². The summed E-state index contributed by atoms with van der Waals surface area (Å²) >= 11 is 7.93. The Balaban J connectivity index is 1.69. The van der Waals surface area contributed by atoms with Gasteiger partial charge in [-0.3, -0.25) is 4.99 Å². The molecule has 0 fully saturated rings. The Morgan fingerprint density at radius 2 is 1.86 bits per heavy atom. The SMILES string of the molecule is CN=C(NCCc1cccs1)NCCc1ccccc1Cl. The molecule has 1 aromatic carbocycles. The molecule has 3 nitrogen and oxygen atoms in total. The normalized spacial score (nSPS) is 11.4. The van der Waals surface area contributed by atoms with Crippen molar-refractivity contribution < 1.29 is 0 Å². The molecule has 0 unspecified atom stereocenters. The molecule has 0 aliphatic carbocycles. The number of rotatable bonds is 6. The molecule has 2 rings (SSSR count). The van der Waals surface area contributed by atoms with E-state index in [4.69, 9.17) is 11.6 Å². The second kappa shape index (κ2) is 8.70. The van der Waals surface area contributed by atoms with Gasteiger partial charge in [0.05, 0.1) is 0 Å². The molecule has 2 aromatic rings. The summed E-state index contributed by atoms with van der Waals surface area (Å²) in [7, 11) is 1.79. The van der Waals surface area contributed by atoms with E-state index in [0.29, 0.717) is 0 Å². The van der Waals surface area contributed by atoms with Crippen LogP contribution in [-0.2, 0) is 12.8 Å². The topological polar surface area (TPSA) is 36.4 Å². The van der Waals surface area contributed by atoms with E-state index in [0.717, 1.165) is 42.5 Å². The summed E-state index contributed by atoms with van der Waals surface area (Å²) in [5.74, 6) is 0.832. The van der Waals surface area contributed by atoms with Crippen LogP contribution in [0.4, 0.5) is 0 Å². The summed E-state index contributed by atoms with van der Waals surface area (Å²) in [4.78, 5) is 5.61. The number of benzene rings is 1. The second-order valence-electron chi connectivity index (χ2n) is 4.60. The van der Waals surface area contributed by atoms with Crippen LogP contribution in [-0.4, -0.2) is 26.1 Å². The lowest BCUT2D eigenvalue weighted by Crippen LogP contribution is -2.39. The maximum absolute atomic E-state index is 6.14. The molecule has 0 amide bonds. The van der Waals surface area contributed by atoms with Gasteiger partial charge >= 0.3 is 0 Å². The largest absolute Gasteiger partial charge is 0.356 e. The van der Waals surface area contributed by atoms with Crippen LogP contribution in [0.25, 0.3) is 0 Å². The van der Waals surface area contributed by atoms with Crippen LogP contribution in [0.5, 0.6) is 0 Å². The number of hydrogen-bond donors (Lipinski definition) is 2. The van der Waals surface area contributed by atoms with Gasteiger partial charge in [-0.1, -0.05) is 35.9 Å². The number of halogens is 1. The first-order valence-corrected chi connectivity index (χ1v) is 8.25. The minimum Gasteiger partial charge on any atom is -0.356 e. The highest BCUT2D eigenvalue weighted by molar-refractivity contribution is 7.09. The molecular formula is C16H20ClN3S. The van der Waals surface area contributed by atoms with Gasteiger partial charge in [-0.15, -0.1) is 11.3 Å². The van der Waals surface area contributed by atoms with Crippen LogP contribution in [0.3, 0.4) is 0 Å². The Hall–Kier alpha value is -1.52. The molecule has 0 bridgehead atoms. The monoisotopic (exact) mass is 321 g/mol. The van der Waals surface area contributed by atoms with Crippen molar-refractivity contribution in [2.24, 2.45) is 4.99 Å². The van der Waals surface area contributed by atoms with E-state index in [9.17, 15) is 0 Å². The Bertz CT molecular complexity index is 567. The second-order valence-corrected chi connectivity index (χ2v) is 6.04. The lowest BCUT2D eigenvalue weighted by molar-refractivity contribution is 0.788. The maximum atomic E-state index is 6.14. The van der Waals surface area contributed by atoms with Crippen LogP contribution >= 0.6 is 22.9 Å². The number of hydrogen-bond acceptors (Lipinski definition) is 2. The van der Waals surface area contributed by atoms with Crippen molar-refractivity contribution >= 4 is 28.9 Å². The predicted octanol–water partition coefficient (Wildman–Crippen LogP) is 3.35. The van der Waals surface area contributed by atoms with Crippen molar-refractivity contribution in [1.29, 1.82) is 0 Å². The van der Waals surface area contributed by atoms with Gasteiger partial charge in [-0.2, -0.15) is 0 Å². The third kappa shape index (κ3) is 5.40. The number of aliphatic imine (C=N–C) groups is 1. The lowest BCUT2D eigenvalue weighted by atomic mass is 10.1. The van der Waals surface area contributed by atoms with E-state index < -0.39 is 0 Å². The highest BCUT2D eigenvalue weighted by Gasteiger charge is 2.01. The van der Waals surface area contributed by atoms with Crippen LogP contribution in [0, 0.1) is 0 Å². The molecular weight excluding hydrogens is 302 g/mol. The zero-order valence-corrected chi connectivity index (χ0v) is 13.7. The molecule has 0 aliphatic heterocycles. The smallest absolute Gasteiger partial charge is 0.190 e. The van der Waals surface area contributed by atoms with Crippen LogP contribution in [0.2, 0.25) is 5.02 Å². The van der Waals surface area contributed by atoms with Crippen molar-refractivity contribution in [1.82, 2.24) is 10.6 Å². The van der Waals surface area contributed by atoms with Crippen LogP contribution in [0.15, 0.2) is 46.8 Å². The Kier molecular flexibility index (Phi) is 6.57. The standard InChI is InChI=1S/C16H20ClN3S/c1-18-16(20-11-9-14-6-4-12-21-14)19-10-8-13-5-2-3-7-15(13)17/h2-7,12H,8-11H2,1H3,(H2,18,19,20). The fraction of sp³-hybridized carbons (Fsp3) is 0.312. The van der Waals surface area contributed by atoms with Crippen LogP contribution < -0.4 is 10.6 Å². The fourth-order valence-electron chi connectivity index (χ4n) is 2.00. The molecule has 1 aromatic heterocycles. The number of nitrogens with one attached hydrogen (secondary N) is 2. The average molecular weight is 322 g/mol. The van der Waals surface area contributed by atoms with Gasteiger partial charge < -0.3 is 10.6 Å². The summed E-state index contributed by atoms with van der Waals surface area (Å²) in [6.07, 6.45) is 1.90. The van der Waals surface area contributed by atoms with Crippen molar-refractivity contribution in [3.05, 3.63) is 57.2 Å².